The maximum absolute atomic E-state index is 6.00. The van der Waals surface area contributed by atoms with Crippen LogP contribution in [0.5, 0.6) is 0 Å². The minimum atomic E-state index is 0.846. The van der Waals surface area contributed by atoms with Crippen molar-refractivity contribution in [3.05, 3.63) is 36.0 Å². The summed E-state index contributed by atoms with van der Waals surface area (Å²) in [5, 5.41) is 1.24. The summed E-state index contributed by atoms with van der Waals surface area (Å²) in [6.07, 6.45) is 2.07. The Hall–Kier alpha value is -1.90. The lowest BCUT2D eigenvalue weighted by Gasteiger charge is -2.01. The third kappa shape index (κ3) is 0.897. The van der Waals surface area contributed by atoms with Gasteiger partial charge in [-0.25, -0.2) is 0 Å². The second-order valence-corrected chi connectivity index (χ2v) is 3.95. The molecule has 0 aliphatic rings. The summed E-state index contributed by atoms with van der Waals surface area (Å²) in [7, 11) is 2.00. The molecule has 3 heterocycles. The smallest absolute Gasteiger partial charge is 0.126 e. The van der Waals surface area contributed by atoms with Crippen LogP contribution in [0.2, 0.25) is 0 Å². The number of nitrogen functional groups attached to an aromatic ring is 1. The molecule has 0 bridgehead atoms. The fourth-order valence-corrected chi connectivity index (χ4v) is 2.23. The normalized spacial score (nSPS) is 11.6. The van der Waals surface area contributed by atoms with Crippen LogP contribution in [0.4, 0.5) is 5.82 Å². The van der Waals surface area contributed by atoms with Crippen LogP contribution in [-0.4, -0.2) is 8.97 Å². The first-order chi connectivity index (χ1) is 7.20. The Morgan fingerprint density at radius 1 is 1.27 bits per heavy atom. The van der Waals surface area contributed by atoms with Gasteiger partial charge in [0, 0.05) is 29.7 Å². The zero-order valence-electron chi connectivity index (χ0n) is 8.86. The van der Waals surface area contributed by atoms with Crippen molar-refractivity contribution in [2.24, 2.45) is 7.05 Å². The molecule has 0 unspecified atom stereocenters. The van der Waals surface area contributed by atoms with E-state index in [0.29, 0.717) is 0 Å². The molecule has 3 aromatic heterocycles. The molecular formula is C12H13N3. The Labute approximate surface area is 87.7 Å². The van der Waals surface area contributed by atoms with Gasteiger partial charge in [-0.3, -0.25) is 0 Å². The Bertz CT molecular complexity index is 658. The van der Waals surface area contributed by atoms with Gasteiger partial charge in [0.1, 0.15) is 11.5 Å². The number of hydrogen-bond donors (Lipinski definition) is 1. The summed E-state index contributed by atoms with van der Waals surface area (Å²) in [6, 6.07) is 8.37. The Balaban J connectivity index is 2.65. The first-order valence-electron chi connectivity index (χ1n) is 5.00. The maximum Gasteiger partial charge on any atom is 0.126 e. The topological polar surface area (TPSA) is 35.4 Å². The highest BCUT2D eigenvalue weighted by atomic mass is 15.1. The monoisotopic (exact) mass is 199 g/mol. The first kappa shape index (κ1) is 8.41. The molecule has 3 heteroatoms. The van der Waals surface area contributed by atoms with Crippen molar-refractivity contribution in [2.75, 3.05) is 5.73 Å². The molecule has 0 fully saturated rings. The number of fused-ring (bicyclic) bond motifs is 3. The van der Waals surface area contributed by atoms with E-state index in [1.54, 1.807) is 0 Å². The van der Waals surface area contributed by atoms with E-state index < -0.39 is 0 Å². The summed E-state index contributed by atoms with van der Waals surface area (Å²) in [4.78, 5) is 0. The van der Waals surface area contributed by atoms with Gasteiger partial charge in [-0.1, -0.05) is 6.07 Å². The van der Waals surface area contributed by atoms with Crippen LogP contribution in [0.3, 0.4) is 0 Å². The average Bonchev–Trinajstić information content (AvgIpc) is 2.72. The summed E-state index contributed by atoms with van der Waals surface area (Å²) in [5.74, 6) is 0.846. The van der Waals surface area contributed by atoms with Gasteiger partial charge in [0.25, 0.3) is 0 Å². The highest BCUT2D eigenvalue weighted by Gasteiger charge is 2.12. The average molecular weight is 199 g/mol. The maximum atomic E-state index is 6.00. The fourth-order valence-electron chi connectivity index (χ4n) is 2.23. The molecule has 3 aromatic rings. The van der Waals surface area contributed by atoms with E-state index in [2.05, 4.69) is 29.7 Å². The number of anilines is 1. The molecule has 15 heavy (non-hydrogen) atoms. The Morgan fingerprint density at radius 2 is 2.07 bits per heavy atom. The minimum Gasteiger partial charge on any atom is -0.385 e. The van der Waals surface area contributed by atoms with Gasteiger partial charge in [-0.15, -0.1) is 0 Å². The van der Waals surface area contributed by atoms with Crippen molar-refractivity contribution >= 4 is 22.4 Å². The summed E-state index contributed by atoms with van der Waals surface area (Å²) in [5.41, 5.74) is 9.54. The largest absolute Gasteiger partial charge is 0.385 e. The molecule has 3 rings (SSSR count). The number of rotatable bonds is 0. The van der Waals surface area contributed by atoms with Crippen molar-refractivity contribution in [1.82, 2.24) is 8.97 Å². The van der Waals surface area contributed by atoms with Gasteiger partial charge in [0.05, 0.1) is 0 Å². The quantitative estimate of drug-likeness (QED) is 0.592. The standard InChI is InChI=1S/C12H13N3/c1-8-10-7-9-5-3-4-6-15(9)12(10)14(2)11(8)13/h3-7H,13H2,1-2H3. The molecule has 0 aromatic carbocycles. The van der Waals surface area contributed by atoms with Gasteiger partial charge >= 0.3 is 0 Å². The summed E-state index contributed by atoms with van der Waals surface area (Å²) in [6.45, 7) is 2.07. The fraction of sp³-hybridized carbons (Fsp3) is 0.167. The van der Waals surface area contributed by atoms with Crippen LogP contribution in [0.25, 0.3) is 16.6 Å². The van der Waals surface area contributed by atoms with E-state index >= 15 is 0 Å². The number of aromatic nitrogens is 2. The number of nitrogens with zero attached hydrogens (tertiary/aromatic N) is 2. The molecular weight excluding hydrogens is 186 g/mol. The van der Waals surface area contributed by atoms with E-state index in [1.807, 2.05) is 23.7 Å². The molecule has 3 nitrogen and oxygen atoms in total. The van der Waals surface area contributed by atoms with Crippen molar-refractivity contribution in [3.8, 4) is 0 Å². The van der Waals surface area contributed by atoms with E-state index in [9.17, 15) is 0 Å². The number of nitrogens with two attached hydrogens (primary N) is 1. The van der Waals surface area contributed by atoms with E-state index in [1.165, 1.54) is 16.6 Å². The van der Waals surface area contributed by atoms with Gasteiger partial charge in [-0.05, 0) is 25.1 Å². The number of hydrogen-bond acceptors (Lipinski definition) is 1. The molecule has 2 N–H and O–H groups in total. The third-order valence-corrected chi connectivity index (χ3v) is 3.12. The number of aryl methyl sites for hydroxylation is 2. The van der Waals surface area contributed by atoms with Crippen LogP contribution in [0.1, 0.15) is 5.56 Å². The van der Waals surface area contributed by atoms with Crippen LogP contribution in [0, 0.1) is 6.92 Å². The lowest BCUT2D eigenvalue weighted by molar-refractivity contribution is 0.945. The predicted octanol–water partition coefficient (Wildman–Crippen LogP) is 2.32. The molecule has 0 amide bonds. The van der Waals surface area contributed by atoms with Crippen LogP contribution >= 0.6 is 0 Å². The summed E-state index contributed by atoms with van der Waals surface area (Å²) < 4.78 is 4.20. The SMILES string of the molecule is Cc1c(N)n(C)c2c1cc1ccccn12. The van der Waals surface area contributed by atoms with Gasteiger partial charge < -0.3 is 14.7 Å². The van der Waals surface area contributed by atoms with Gasteiger partial charge in [0.2, 0.25) is 0 Å². The van der Waals surface area contributed by atoms with E-state index in [0.717, 1.165) is 11.4 Å². The van der Waals surface area contributed by atoms with Crippen LogP contribution in [-0.2, 0) is 7.05 Å². The second-order valence-electron chi connectivity index (χ2n) is 3.95. The Kier molecular flexibility index (Phi) is 1.44. The zero-order valence-corrected chi connectivity index (χ0v) is 8.86. The predicted molar refractivity (Wildman–Crippen MR) is 63.0 cm³/mol. The van der Waals surface area contributed by atoms with Crippen molar-refractivity contribution < 1.29 is 0 Å². The molecule has 0 aliphatic carbocycles. The van der Waals surface area contributed by atoms with Crippen molar-refractivity contribution in [1.29, 1.82) is 0 Å². The summed E-state index contributed by atoms with van der Waals surface area (Å²) >= 11 is 0. The molecule has 0 aliphatic heterocycles. The molecule has 0 radical (unpaired) electrons. The van der Waals surface area contributed by atoms with Crippen LogP contribution < -0.4 is 5.73 Å². The van der Waals surface area contributed by atoms with E-state index in [4.69, 9.17) is 5.73 Å². The highest BCUT2D eigenvalue weighted by Crippen LogP contribution is 2.29. The zero-order chi connectivity index (χ0) is 10.6. The third-order valence-electron chi connectivity index (χ3n) is 3.12. The van der Waals surface area contributed by atoms with Crippen molar-refractivity contribution in [2.45, 2.75) is 6.92 Å². The molecule has 0 saturated heterocycles. The molecule has 76 valence electrons. The molecule has 0 atom stereocenters. The van der Waals surface area contributed by atoms with E-state index in [-0.39, 0.29) is 0 Å². The number of pyridine rings is 1. The second kappa shape index (κ2) is 2.57. The highest BCUT2D eigenvalue weighted by molar-refractivity contribution is 5.92. The minimum absolute atomic E-state index is 0.846. The van der Waals surface area contributed by atoms with Crippen LogP contribution in [0.15, 0.2) is 30.5 Å². The van der Waals surface area contributed by atoms with Gasteiger partial charge in [0.15, 0.2) is 0 Å². The molecule has 0 saturated carbocycles. The molecule has 0 spiro atoms. The lowest BCUT2D eigenvalue weighted by Crippen LogP contribution is -1.98. The Morgan fingerprint density at radius 3 is 2.87 bits per heavy atom. The lowest BCUT2D eigenvalue weighted by atomic mass is 10.2. The van der Waals surface area contributed by atoms with Crippen molar-refractivity contribution in [3.63, 3.8) is 0 Å². The first-order valence-corrected chi connectivity index (χ1v) is 5.00. The van der Waals surface area contributed by atoms with Gasteiger partial charge in [-0.2, -0.15) is 0 Å².